The SMILES string of the molecule is CCN1CCN(C(=O)C(C)NC(=O)CCc2ccccc2N(C)S(=O)(=O)c2cc(C)c(Cl)cc2C)CC1. The number of amides is 2. The number of para-hydroxylation sites is 1. The molecule has 0 aliphatic carbocycles. The minimum atomic E-state index is -3.85. The molecule has 0 saturated carbocycles. The fraction of sp³-hybridized carbons (Fsp3) is 0.481. The van der Waals surface area contributed by atoms with Gasteiger partial charge in [-0.2, -0.15) is 0 Å². The van der Waals surface area contributed by atoms with Crippen LogP contribution in [0.4, 0.5) is 5.69 Å². The van der Waals surface area contributed by atoms with Crippen molar-refractivity contribution in [3.8, 4) is 0 Å². The molecule has 0 aromatic heterocycles. The van der Waals surface area contributed by atoms with Gasteiger partial charge in [0.1, 0.15) is 6.04 Å². The molecule has 1 atom stereocenters. The Morgan fingerprint density at radius 2 is 1.73 bits per heavy atom. The van der Waals surface area contributed by atoms with Gasteiger partial charge >= 0.3 is 0 Å². The van der Waals surface area contributed by atoms with E-state index >= 15 is 0 Å². The number of aryl methyl sites for hydroxylation is 3. The summed E-state index contributed by atoms with van der Waals surface area (Å²) >= 11 is 6.17. The summed E-state index contributed by atoms with van der Waals surface area (Å²) in [5, 5.41) is 3.32. The molecule has 202 valence electrons. The first-order valence-electron chi connectivity index (χ1n) is 12.6. The molecule has 1 aliphatic heterocycles. The Labute approximate surface area is 225 Å². The van der Waals surface area contributed by atoms with Gasteiger partial charge in [-0.25, -0.2) is 8.42 Å². The van der Waals surface area contributed by atoms with Gasteiger partial charge in [-0.3, -0.25) is 13.9 Å². The Morgan fingerprint density at radius 3 is 2.38 bits per heavy atom. The van der Waals surface area contributed by atoms with Crippen LogP contribution >= 0.6 is 11.6 Å². The fourth-order valence-corrected chi connectivity index (χ4v) is 6.26. The number of nitrogens with zero attached hydrogens (tertiary/aromatic N) is 3. The molecule has 1 heterocycles. The predicted molar refractivity (Wildman–Crippen MR) is 148 cm³/mol. The van der Waals surface area contributed by atoms with E-state index in [9.17, 15) is 18.0 Å². The number of anilines is 1. The molecule has 1 unspecified atom stereocenters. The molecule has 1 saturated heterocycles. The lowest BCUT2D eigenvalue weighted by Crippen LogP contribution is -2.54. The normalized spacial score (nSPS) is 15.4. The highest BCUT2D eigenvalue weighted by Crippen LogP contribution is 2.30. The third kappa shape index (κ3) is 6.83. The average molecular weight is 549 g/mol. The highest BCUT2D eigenvalue weighted by Gasteiger charge is 2.27. The molecular weight excluding hydrogens is 512 g/mol. The summed E-state index contributed by atoms with van der Waals surface area (Å²) in [4.78, 5) is 29.7. The number of hydrogen-bond donors (Lipinski definition) is 1. The van der Waals surface area contributed by atoms with Gasteiger partial charge in [0.25, 0.3) is 10.0 Å². The minimum Gasteiger partial charge on any atom is -0.345 e. The molecule has 3 rings (SSSR count). The fourth-order valence-electron chi connectivity index (χ4n) is 4.52. The quantitative estimate of drug-likeness (QED) is 0.519. The molecular formula is C27H37ClN4O4S. The number of nitrogens with one attached hydrogen (secondary N) is 1. The van der Waals surface area contributed by atoms with Gasteiger partial charge in [-0.1, -0.05) is 36.7 Å². The Morgan fingerprint density at radius 1 is 1.08 bits per heavy atom. The van der Waals surface area contributed by atoms with Crippen LogP contribution in [0.1, 0.15) is 37.0 Å². The predicted octanol–water partition coefficient (Wildman–Crippen LogP) is 3.38. The largest absolute Gasteiger partial charge is 0.345 e. The van der Waals surface area contributed by atoms with Crippen LogP contribution < -0.4 is 9.62 Å². The number of halogens is 1. The summed E-state index contributed by atoms with van der Waals surface area (Å²) in [7, 11) is -2.34. The van der Waals surface area contributed by atoms with E-state index in [2.05, 4.69) is 17.1 Å². The second-order valence-electron chi connectivity index (χ2n) is 9.52. The van der Waals surface area contributed by atoms with Crippen molar-refractivity contribution in [1.29, 1.82) is 0 Å². The van der Waals surface area contributed by atoms with Gasteiger partial charge in [0.2, 0.25) is 11.8 Å². The lowest BCUT2D eigenvalue weighted by atomic mass is 10.1. The number of hydrogen-bond acceptors (Lipinski definition) is 5. The number of rotatable bonds is 9. The molecule has 1 N–H and O–H groups in total. The molecule has 8 nitrogen and oxygen atoms in total. The lowest BCUT2D eigenvalue weighted by molar-refractivity contribution is -0.137. The smallest absolute Gasteiger partial charge is 0.264 e. The highest BCUT2D eigenvalue weighted by atomic mass is 35.5. The van der Waals surface area contributed by atoms with Crippen molar-refractivity contribution in [3.05, 3.63) is 58.1 Å². The van der Waals surface area contributed by atoms with Crippen LogP contribution in [0.15, 0.2) is 41.3 Å². The van der Waals surface area contributed by atoms with Gasteiger partial charge in [0.15, 0.2) is 0 Å². The Balaban J connectivity index is 1.66. The number of piperazine rings is 1. The van der Waals surface area contributed by atoms with Crippen LogP contribution in [0.5, 0.6) is 0 Å². The molecule has 1 fully saturated rings. The Bertz CT molecular complexity index is 1240. The maximum absolute atomic E-state index is 13.5. The van der Waals surface area contributed by atoms with E-state index in [1.165, 1.54) is 11.4 Å². The topological polar surface area (TPSA) is 90.0 Å². The van der Waals surface area contributed by atoms with Gasteiger partial charge in [0, 0.05) is 44.7 Å². The van der Waals surface area contributed by atoms with E-state index in [4.69, 9.17) is 11.6 Å². The molecule has 2 aromatic carbocycles. The van der Waals surface area contributed by atoms with E-state index in [0.29, 0.717) is 41.3 Å². The van der Waals surface area contributed by atoms with E-state index < -0.39 is 16.1 Å². The molecule has 2 aromatic rings. The molecule has 37 heavy (non-hydrogen) atoms. The first-order chi connectivity index (χ1) is 17.4. The number of carbonyl (C=O) groups excluding carboxylic acids is 2. The van der Waals surface area contributed by atoms with Gasteiger partial charge in [-0.15, -0.1) is 0 Å². The first-order valence-corrected chi connectivity index (χ1v) is 14.4. The summed E-state index contributed by atoms with van der Waals surface area (Å²) in [5.41, 5.74) is 2.47. The van der Waals surface area contributed by atoms with Crippen LogP contribution in [-0.2, 0) is 26.0 Å². The summed E-state index contributed by atoms with van der Waals surface area (Å²) in [6.07, 6.45) is 0.460. The van der Waals surface area contributed by atoms with Crippen molar-refractivity contribution in [2.75, 3.05) is 44.1 Å². The molecule has 0 bridgehead atoms. The highest BCUT2D eigenvalue weighted by molar-refractivity contribution is 7.92. The summed E-state index contributed by atoms with van der Waals surface area (Å²) in [5.74, 6) is -0.332. The summed E-state index contributed by atoms with van der Waals surface area (Å²) in [6.45, 7) is 11.3. The minimum absolute atomic E-state index is 0.0797. The van der Waals surface area contributed by atoms with E-state index in [1.807, 2.05) is 12.1 Å². The van der Waals surface area contributed by atoms with Crippen LogP contribution in [-0.4, -0.2) is 75.8 Å². The van der Waals surface area contributed by atoms with E-state index in [1.54, 1.807) is 49.9 Å². The van der Waals surface area contributed by atoms with Crippen molar-refractivity contribution < 1.29 is 18.0 Å². The number of carbonyl (C=O) groups is 2. The van der Waals surface area contributed by atoms with Crippen molar-refractivity contribution in [3.63, 3.8) is 0 Å². The number of benzene rings is 2. The van der Waals surface area contributed by atoms with Gasteiger partial charge in [-0.05, 0) is 68.6 Å². The monoisotopic (exact) mass is 548 g/mol. The van der Waals surface area contributed by atoms with Crippen molar-refractivity contribution in [2.45, 2.75) is 51.5 Å². The first kappa shape index (κ1) is 28.9. The van der Waals surface area contributed by atoms with E-state index in [-0.39, 0.29) is 23.1 Å². The van der Waals surface area contributed by atoms with Crippen LogP contribution in [0.25, 0.3) is 0 Å². The maximum Gasteiger partial charge on any atom is 0.264 e. The van der Waals surface area contributed by atoms with Crippen LogP contribution in [0.3, 0.4) is 0 Å². The average Bonchev–Trinajstić information content (AvgIpc) is 2.88. The third-order valence-electron chi connectivity index (χ3n) is 6.93. The molecule has 1 aliphatic rings. The van der Waals surface area contributed by atoms with Gasteiger partial charge in [0.05, 0.1) is 10.6 Å². The lowest BCUT2D eigenvalue weighted by Gasteiger charge is -2.35. The van der Waals surface area contributed by atoms with Crippen molar-refractivity contribution in [2.24, 2.45) is 0 Å². The third-order valence-corrected chi connectivity index (χ3v) is 9.25. The van der Waals surface area contributed by atoms with Gasteiger partial charge < -0.3 is 15.1 Å². The number of likely N-dealkylation sites (N-methyl/N-ethyl adjacent to an activating group) is 1. The molecule has 2 amide bonds. The van der Waals surface area contributed by atoms with Crippen molar-refractivity contribution in [1.82, 2.24) is 15.1 Å². The second kappa shape index (κ2) is 12.3. The zero-order chi connectivity index (χ0) is 27.3. The summed E-state index contributed by atoms with van der Waals surface area (Å²) in [6, 6.07) is 9.75. The van der Waals surface area contributed by atoms with Crippen molar-refractivity contribution >= 4 is 39.1 Å². The molecule has 0 spiro atoms. The zero-order valence-electron chi connectivity index (χ0n) is 22.3. The van der Waals surface area contributed by atoms with Crippen LogP contribution in [0, 0.1) is 13.8 Å². The standard InChI is InChI=1S/C27H37ClN4O4S/c1-6-31-13-15-32(16-14-31)27(34)21(4)29-26(33)12-11-22-9-7-8-10-24(22)30(5)37(35,36)25-18-19(2)23(28)17-20(25)3/h7-10,17-18,21H,6,11-16H2,1-5H3,(H,29,33). The molecule has 0 radical (unpaired) electrons. The second-order valence-corrected chi connectivity index (χ2v) is 11.9. The Kier molecular flexibility index (Phi) is 9.61. The van der Waals surface area contributed by atoms with E-state index in [0.717, 1.165) is 25.2 Å². The maximum atomic E-state index is 13.5. The molecule has 10 heteroatoms. The Hall–Kier alpha value is -2.62. The summed E-state index contributed by atoms with van der Waals surface area (Å²) < 4.78 is 28.2. The number of sulfonamides is 1. The zero-order valence-corrected chi connectivity index (χ0v) is 23.8. The van der Waals surface area contributed by atoms with Crippen LogP contribution in [0.2, 0.25) is 5.02 Å².